The molecule has 0 saturated carbocycles. The number of hydrazine groups is 1. The van der Waals surface area contributed by atoms with Crippen molar-refractivity contribution in [2.24, 2.45) is 4.99 Å². The summed E-state index contributed by atoms with van der Waals surface area (Å²) >= 11 is 8.86. The number of hydrogen-bond acceptors (Lipinski definition) is 7. The van der Waals surface area contributed by atoms with Gasteiger partial charge in [-0.15, -0.1) is 0 Å². The fraction of sp³-hybridized carbons (Fsp3) is 0.257. The molecule has 0 aliphatic carbocycles. The zero-order valence-corrected chi connectivity index (χ0v) is 28.9. The Bertz CT molecular complexity index is 1620. The van der Waals surface area contributed by atoms with Gasteiger partial charge in [0.05, 0.1) is 6.61 Å². The Labute approximate surface area is 289 Å². The van der Waals surface area contributed by atoms with Crippen LogP contribution in [0.1, 0.15) is 34.8 Å². The van der Waals surface area contributed by atoms with Gasteiger partial charge in [0.2, 0.25) is 5.90 Å². The van der Waals surface area contributed by atoms with Crippen LogP contribution in [-0.4, -0.2) is 48.0 Å². The maximum absolute atomic E-state index is 14.3. The summed E-state index contributed by atoms with van der Waals surface area (Å²) in [5.41, 5.74) is 8.14. The number of nitrogens with one attached hydrogen (secondary N) is 2. The second-order valence-electron chi connectivity index (χ2n) is 10.7. The Hall–Kier alpha value is -3.22. The first kappa shape index (κ1) is 34.1. The predicted molar refractivity (Wildman–Crippen MR) is 187 cm³/mol. The molecule has 0 saturated heterocycles. The largest absolute Gasteiger partial charge is 0.494 e. The van der Waals surface area contributed by atoms with Gasteiger partial charge in [0.25, 0.3) is 5.91 Å². The highest BCUT2D eigenvalue weighted by Crippen LogP contribution is 2.43. The molecule has 1 amide bonds. The second kappa shape index (κ2) is 16.6. The highest BCUT2D eigenvalue weighted by Gasteiger charge is 2.53. The van der Waals surface area contributed by atoms with E-state index < -0.39 is 11.6 Å². The lowest BCUT2D eigenvalue weighted by Gasteiger charge is -2.31. The highest BCUT2D eigenvalue weighted by molar-refractivity contribution is 9.10. The summed E-state index contributed by atoms with van der Waals surface area (Å²) in [6, 6.07) is 29.3. The molecule has 46 heavy (non-hydrogen) atoms. The molecule has 2 atom stereocenters. The molecule has 11 heteroatoms. The van der Waals surface area contributed by atoms with Crippen molar-refractivity contribution in [2.45, 2.75) is 30.2 Å². The lowest BCUT2D eigenvalue weighted by Crippen LogP contribution is -2.54. The number of thioether (sulfide) groups is 1. The van der Waals surface area contributed by atoms with Crippen molar-refractivity contribution in [1.82, 2.24) is 10.9 Å². The van der Waals surface area contributed by atoms with Gasteiger partial charge in [-0.05, 0) is 71.3 Å². The first-order chi connectivity index (χ1) is 22.4. The van der Waals surface area contributed by atoms with Crippen LogP contribution in [0.25, 0.3) is 0 Å². The van der Waals surface area contributed by atoms with E-state index in [4.69, 9.17) is 19.6 Å². The topological polar surface area (TPSA) is 92.2 Å². The Morgan fingerprint density at radius 3 is 2.46 bits per heavy atom. The van der Waals surface area contributed by atoms with Crippen molar-refractivity contribution in [1.29, 1.82) is 0 Å². The van der Waals surface area contributed by atoms with Crippen LogP contribution in [0, 0.1) is 5.82 Å². The number of nitrogens with zero attached hydrogens (tertiary/aromatic N) is 1. The van der Waals surface area contributed by atoms with E-state index in [0.717, 1.165) is 37.1 Å². The van der Waals surface area contributed by atoms with E-state index in [2.05, 4.69) is 42.7 Å². The number of rotatable bonds is 15. The van der Waals surface area contributed by atoms with Crippen LogP contribution in [0.3, 0.4) is 0 Å². The maximum atomic E-state index is 14.3. The predicted octanol–water partition coefficient (Wildman–Crippen LogP) is 7.17. The molecule has 0 unspecified atom stereocenters. The van der Waals surface area contributed by atoms with Crippen LogP contribution < -0.4 is 15.6 Å². The molecule has 5 rings (SSSR count). The van der Waals surface area contributed by atoms with Gasteiger partial charge in [-0.3, -0.25) is 10.2 Å². The quantitative estimate of drug-likeness (QED) is 0.0878. The number of amides is 1. The van der Waals surface area contributed by atoms with Crippen molar-refractivity contribution in [3.63, 3.8) is 0 Å². The summed E-state index contributed by atoms with van der Waals surface area (Å²) in [4.78, 5) is 19.4. The van der Waals surface area contributed by atoms with Crippen LogP contribution >= 0.6 is 43.6 Å². The fourth-order valence-electron chi connectivity index (χ4n) is 5.00. The molecule has 0 bridgehead atoms. The first-order valence-electron chi connectivity index (χ1n) is 14.8. The van der Waals surface area contributed by atoms with E-state index in [1.165, 1.54) is 12.1 Å². The Morgan fingerprint density at radius 1 is 1.00 bits per heavy atom. The Morgan fingerprint density at radius 2 is 1.74 bits per heavy atom. The molecule has 3 N–H and O–H groups in total. The SMILES string of the molecule is O=C(NNCCSCc1ccc(F)cc1)[C@@]1(Cc2ccccc2Br)N=C(c2ccc(OCCCO)cc2)O[C@H]1c1ccc(Br)cc1. The summed E-state index contributed by atoms with van der Waals surface area (Å²) in [5, 5.41) is 9.06. The molecule has 4 aromatic carbocycles. The number of hydrogen-bond donors (Lipinski definition) is 3. The van der Waals surface area contributed by atoms with Gasteiger partial charge in [0.1, 0.15) is 11.6 Å². The van der Waals surface area contributed by atoms with Gasteiger partial charge < -0.3 is 14.6 Å². The van der Waals surface area contributed by atoms with Crippen LogP contribution in [0.5, 0.6) is 5.75 Å². The summed E-state index contributed by atoms with van der Waals surface area (Å²) in [6.45, 7) is 0.984. The third-order valence-electron chi connectivity index (χ3n) is 7.38. The van der Waals surface area contributed by atoms with E-state index in [1.54, 1.807) is 23.9 Å². The summed E-state index contributed by atoms with van der Waals surface area (Å²) in [7, 11) is 0. The lowest BCUT2D eigenvalue weighted by molar-refractivity contribution is -0.130. The smallest absolute Gasteiger partial charge is 0.266 e. The summed E-state index contributed by atoms with van der Waals surface area (Å²) in [5.74, 6) is 1.91. The fourth-order valence-corrected chi connectivity index (χ4v) is 6.51. The monoisotopic (exact) mass is 769 g/mol. The summed E-state index contributed by atoms with van der Waals surface area (Å²) in [6.07, 6.45) is 0.0892. The van der Waals surface area contributed by atoms with Gasteiger partial charge >= 0.3 is 0 Å². The lowest BCUT2D eigenvalue weighted by atomic mass is 9.82. The van der Waals surface area contributed by atoms with E-state index >= 15 is 0 Å². The van der Waals surface area contributed by atoms with Crippen LogP contribution in [0.4, 0.5) is 4.39 Å². The molecule has 0 radical (unpaired) electrons. The van der Waals surface area contributed by atoms with Crippen LogP contribution in [0.2, 0.25) is 0 Å². The van der Waals surface area contributed by atoms with E-state index in [-0.39, 0.29) is 24.8 Å². The van der Waals surface area contributed by atoms with Gasteiger partial charge in [-0.2, -0.15) is 11.8 Å². The molecule has 7 nitrogen and oxygen atoms in total. The van der Waals surface area contributed by atoms with Crippen molar-refractivity contribution in [3.05, 3.63) is 134 Å². The van der Waals surface area contributed by atoms with Gasteiger partial charge in [0.15, 0.2) is 11.6 Å². The zero-order chi connectivity index (χ0) is 32.4. The average molecular weight is 772 g/mol. The molecular weight excluding hydrogens is 737 g/mol. The molecule has 0 aromatic heterocycles. The summed E-state index contributed by atoms with van der Waals surface area (Å²) < 4.78 is 27.3. The third-order valence-corrected chi connectivity index (χ3v) is 9.71. The number of aliphatic hydroxyl groups is 1. The number of benzene rings is 4. The molecule has 4 aromatic rings. The highest BCUT2D eigenvalue weighted by atomic mass is 79.9. The normalized spacial score (nSPS) is 17.3. The van der Waals surface area contributed by atoms with Gasteiger partial charge in [-0.25, -0.2) is 14.8 Å². The zero-order valence-electron chi connectivity index (χ0n) is 24.9. The number of carbonyl (C=O) groups is 1. The molecule has 0 spiro atoms. The number of ether oxygens (including phenoxy) is 2. The minimum Gasteiger partial charge on any atom is -0.494 e. The maximum Gasteiger partial charge on any atom is 0.266 e. The second-order valence-corrected chi connectivity index (χ2v) is 13.5. The van der Waals surface area contributed by atoms with Gasteiger partial charge in [-0.1, -0.05) is 74.3 Å². The molecular formula is C35H34Br2FN3O4S. The number of aliphatic hydroxyl groups excluding tert-OH is 1. The minimum absolute atomic E-state index is 0.0611. The molecule has 1 heterocycles. The number of halogens is 3. The average Bonchev–Trinajstić information content (AvgIpc) is 3.45. The van der Waals surface area contributed by atoms with Crippen molar-refractivity contribution in [3.8, 4) is 5.75 Å². The van der Waals surface area contributed by atoms with Gasteiger partial charge in [0, 0.05) is 52.0 Å². The van der Waals surface area contributed by atoms with E-state index in [1.807, 2.05) is 72.8 Å². The Balaban J connectivity index is 1.40. The van der Waals surface area contributed by atoms with Crippen molar-refractivity contribution in [2.75, 3.05) is 25.5 Å². The third kappa shape index (κ3) is 8.77. The number of aliphatic imine (C=N–C) groups is 1. The molecule has 1 aliphatic heterocycles. The molecule has 1 aliphatic rings. The van der Waals surface area contributed by atoms with Crippen molar-refractivity contribution >= 4 is 55.4 Å². The van der Waals surface area contributed by atoms with Crippen molar-refractivity contribution < 1.29 is 23.8 Å². The standard InChI is InChI=1S/C35H34Br2FN3O4S/c36-28-12-8-25(9-13-28)32-35(22-27-4-1-2-5-31(27)37,34(43)41-39-18-21-46-23-24-6-14-29(38)15-7-24)40-33(45-32)26-10-16-30(17-11-26)44-20-3-19-42/h1-2,4-17,32,39,42H,3,18-23H2,(H,41,43)/t32-,35-/m0/s1. The molecule has 0 fully saturated rings. The van der Waals surface area contributed by atoms with Crippen LogP contribution in [0.15, 0.2) is 111 Å². The Kier molecular flexibility index (Phi) is 12.3. The van der Waals surface area contributed by atoms with Crippen LogP contribution in [-0.2, 0) is 21.7 Å². The van der Waals surface area contributed by atoms with E-state index in [9.17, 15) is 9.18 Å². The first-order valence-corrected chi connectivity index (χ1v) is 17.6. The number of carbonyl (C=O) groups excluding carboxylic acids is 1. The van der Waals surface area contributed by atoms with E-state index in [0.29, 0.717) is 36.8 Å². The minimum atomic E-state index is -1.35. The molecule has 240 valence electrons.